The minimum Gasteiger partial charge on any atom is -0.356 e. The van der Waals surface area contributed by atoms with Crippen molar-refractivity contribution in [2.45, 2.75) is 6.92 Å². The number of aromatic nitrogens is 2. The van der Waals surface area contributed by atoms with Gasteiger partial charge in [-0.05, 0) is 24.6 Å². The molecule has 0 saturated heterocycles. The summed E-state index contributed by atoms with van der Waals surface area (Å²) in [4.78, 5) is 18.5. The highest BCUT2D eigenvalue weighted by Gasteiger charge is 2.08. The van der Waals surface area contributed by atoms with Crippen LogP contribution >= 0.6 is 11.6 Å². The highest BCUT2D eigenvalue weighted by atomic mass is 35.5. The van der Waals surface area contributed by atoms with Gasteiger partial charge in [0.2, 0.25) is 0 Å². The van der Waals surface area contributed by atoms with E-state index in [1.807, 2.05) is 13.0 Å². The molecule has 2 rings (SSSR count). The summed E-state index contributed by atoms with van der Waals surface area (Å²) in [5, 5.41) is 3.16. The van der Waals surface area contributed by atoms with Crippen molar-refractivity contribution in [2.24, 2.45) is 0 Å². The second-order valence-corrected chi connectivity index (χ2v) is 3.84. The van der Waals surface area contributed by atoms with Crippen molar-refractivity contribution in [3.05, 3.63) is 46.9 Å². The number of rotatable bonds is 2. The van der Waals surface area contributed by atoms with Crippen LogP contribution in [0.1, 0.15) is 16.1 Å². The van der Waals surface area contributed by atoms with E-state index in [1.165, 1.54) is 0 Å². The molecule has 4 nitrogen and oxygen atoms in total. The maximum absolute atomic E-state index is 11.7. The van der Waals surface area contributed by atoms with E-state index in [1.54, 1.807) is 24.5 Å². The molecule has 0 aliphatic rings. The zero-order chi connectivity index (χ0) is 11.5. The molecule has 0 atom stereocenters. The largest absolute Gasteiger partial charge is 0.356 e. The standard InChI is InChI=1S/C11H10ClN3O/c1-7-2-3-10(14-5-7)15-11(16)9-4-8(12)6-13-9/h2-6,13H,1H3,(H,14,15,16). The number of amides is 1. The second-order valence-electron chi connectivity index (χ2n) is 3.41. The van der Waals surface area contributed by atoms with Crippen molar-refractivity contribution < 1.29 is 4.79 Å². The normalized spacial score (nSPS) is 10.1. The Morgan fingerprint density at radius 1 is 1.50 bits per heavy atom. The molecular formula is C11H10ClN3O. The van der Waals surface area contributed by atoms with Crippen LogP contribution in [-0.4, -0.2) is 15.9 Å². The van der Waals surface area contributed by atoms with Crippen LogP contribution in [0.2, 0.25) is 5.02 Å². The van der Waals surface area contributed by atoms with Gasteiger partial charge in [-0.2, -0.15) is 0 Å². The molecule has 5 heteroatoms. The average Bonchev–Trinajstić information content (AvgIpc) is 2.68. The van der Waals surface area contributed by atoms with E-state index in [2.05, 4.69) is 15.3 Å². The molecule has 0 bridgehead atoms. The van der Waals surface area contributed by atoms with Gasteiger partial charge in [-0.3, -0.25) is 4.79 Å². The molecule has 0 aromatic carbocycles. The third kappa shape index (κ3) is 2.41. The number of hydrogen-bond acceptors (Lipinski definition) is 2. The molecule has 0 aliphatic carbocycles. The molecule has 0 spiro atoms. The average molecular weight is 236 g/mol. The Hall–Kier alpha value is -1.81. The van der Waals surface area contributed by atoms with Gasteiger partial charge >= 0.3 is 0 Å². The highest BCUT2D eigenvalue weighted by Crippen LogP contribution is 2.11. The Kier molecular flexibility index (Phi) is 2.92. The van der Waals surface area contributed by atoms with Gasteiger partial charge in [-0.1, -0.05) is 17.7 Å². The third-order valence-electron chi connectivity index (χ3n) is 2.05. The van der Waals surface area contributed by atoms with Crippen molar-refractivity contribution in [1.82, 2.24) is 9.97 Å². The second kappa shape index (κ2) is 4.37. The van der Waals surface area contributed by atoms with E-state index in [9.17, 15) is 4.79 Å². The fourth-order valence-corrected chi connectivity index (χ4v) is 1.39. The molecule has 0 fully saturated rings. The first-order valence-corrected chi connectivity index (χ1v) is 5.11. The summed E-state index contributed by atoms with van der Waals surface area (Å²) in [6.07, 6.45) is 3.25. The van der Waals surface area contributed by atoms with E-state index < -0.39 is 0 Å². The topological polar surface area (TPSA) is 57.8 Å². The first-order valence-electron chi connectivity index (χ1n) is 4.73. The number of carbonyl (C=O) groups excluding carboxylic acids is 1. The number of nitrogens with zero attached hydrogens (tertiary/aromatic N) is 1. The van der Waals surface area contributed by atoms with E-state index in [0.717, 1.165) is 5.56 Å². The van der Waals surface area contributed by atoms with E-state index in [4.69, 9.17) is 11.6 Å². The van der Waals surface area contributed by atoms with Crippen LogP contribution in [0.5, 0.6) is 0 Å². The molecule has 16 heavy (non-hydrogen) atoms. The van der Waals surface area contributed by atoms with Crippen molar-refractivity contribution in [2.75, 3.05) is 5.32 Å². The number of nitrogens with one attached hydrogen (secondary N) is 2. The lowest BCUT2D eigenvalue weighted by atomic mass is 10.3. The molecule has 82 valence electrons. The molecule has 2 aromatic rings. The number of H-pyrrole nitrogens is 1. The number of aryl methyl sites for hydroxylation is 1. The van der Waals surface area contributed by atoms with Crippen molar-refractivity contribution >= 4 is 23.3 Å². The Morgan fingerprint density at radius 2 is 2.31 bits per heavy atom. The maximum atomic E-state index is 11.7. The minimum absolute atomic E-state index is 0.261. The Balaban J connectivity index is 2.10. The van der Waals surface area contributed by atoms with Gasteiger partial charge in [0.25, 0.3) is 5.91 Å². The van der Waals surface area contributed by atoms with Crippen LogP contribution in [0.3, 0.4) is 0 Å². The van der Waals surface area contributed by atoms with Crippen LogP contribution in [-0.2, 0) is 0 Å². The summed E-state index contributed by atoms with van der Waals surface area (Å²) in [5.41, 5.74) is 1.45. The molecule has 0 aliphatic heterocycles. The van der Waals surface area contributed by atoms with E-state index in [-0.39, 0.29) is 5.91 Å². The molecule has 2 N–H and O–H groups in total. The van der Waals surface area contributed by atoms with Crippen LogP contribution in [0.4, 0.5) is 5.82 Å². The first-order chi connectivity index (χ1) is 7.65. The van der Waals surface area contributed by atoms with E-state index in [0.29, 0.717) is 16.5 Å². The van der Waals surface area contributed by atoms with Crippen LogP contribution in [0, 0.1) is 6.92 Å². The zero-order valence-corrected chi connectivity index (χ0v) is 9.38. The predicted molar refractivity (Wildman–Crippen MR) is 62.7 cm³/mol. The van der Waals surface area contributed by atoms with Gasteiger partial charge in [-0.25, -0.2) is 4.98 Å². The summed E-state index contributed by atoms with van der Waals surface area (Å²) in [6, 6.07) is 5.19. The van der Waals surface area contributed by atoms with Crippen molar-refractivity contribution in [1.29, 1.82) is 0 Å². The summed E-state index contributed by atoms with van der Waals surface area (Å²) >= 11 is 5.70. The number of anilines is 1. The van der Waals surface area contributed by atoms with Gasteiger partial charge in [0.15, 0.2) is 0 Å². The van der Waals surface area contributed by atoms with Gasteiger partial charge in [0.05, 0.1) is 5.02 Å². The van der Waals surface area contributed by atoms with Gasteiger partial charge in [0, 0.05) is 12.4 Å². The Bertz CT molecular complexity index is 504. The van der Waals surface area contributed by atoms with Gasteiger partial charge < -0.3 is 10.3 Å². The predicted octanol–water partition coefficient (Wildman–Crippen LogP) is 2.62. The third-order valence-corrected chi connectivity index (χ3v) is 2.26. The smallest absolute Gasteiger partial charge is 0.273 e. The number of halogens is 1. The quantitative estimate of drug-likeness (QED) is 0.841. The molecule has 2 heterocycles. The highest BCUT2D eigenvalue weighted by molar-refractivity contribution is 6.31. The van der Waals surface area contributed by atoms with Crippen LogP contribution in [0.15, 0.2) is 30.6 Å². The lowest BCUT2D eigenvalue weighted by molar-refractivity contribution is 0.102. The minimum atomic E-state index is -0.261. The van der Waals surface area contributed by atoms with Gasteiger partial charge in [-0.15, -0.1) is 0 Å². The number of pyridine rings is 1. The Labute approximate surface area is 97.7 Å². The maximum Gasteiger partial charge on any atom is 0.273 e. The van der Waals surface area contributed by atoms with Gasteiger partial charge in [0.1, 0.15) is 11.5 Å². The number of hydrogen-bond donors (Lipinski definition) is 2. The first kappa shape index (κ1) is 10.7. The van der Waals surface area contributed by atoms with Crippen LogP contribution in [0.25, 0.3) is 0 Å². The zero-order valence-electron chi connectivity index (χ0n) is 8.62. The molecule has 1 amide bonds. The van der Waals surface area contributed by atoms with Crippen LogP contribution < -0.4 is 5.32 Å². The van der Waals surface area contributed by atoms with Crippen molar-refractivity contribution in [3.8, 4) is 0 Å². The monoisotopic (exact) mass is 235 g/mol. The molecule has 0 unspecified atom stereocenters. The molecule has 0 radical (unpaired) electrons. The lowest BCUT2D eigenvalue weighted by Crippen LogP contribution is -2.13. The number of carbonyl (C=O) groups is 1. The lowest BCUT2D eigenvalue weighted by Gasteiger charge is -2.02. The molecule has 2 aromatic heterocycles. The summed E-state index contributed by atoms with van der Waals surface area (Å²) in [6.45, 7) is 1.93. The summed E-state index contributed by atoms with van der Waals surface area (Å²) < 4.78 is 0. The summed E-state index contributed by atoms with van der Waals surface area (Å²) in [5.74, 6) is 0.254. The fraction of sp³-hybridized carbons (Fsp3) is 0.0909. The van der Waals surface area contributed by atoms with Crippen molar-refractivity contribution in [3.63, 3.8) is 0 Å². The Morgan fingerprint density at radius 3 is 2.88 bits per heavy atom. The summed E-state index contributed by atoms with van der Waals surface area (Å²) in [7, 11) is 0. The molecule has 0 saturated carbocycles. The van der Waals surface area contributed by atoms with E-state index >= 15 is 0 Å². The number of aromatic amines is 1. The SMILES string of the molecule is Cc1ccc(NC(=O)c2cc(Cl)c[nH]2)nc1. The molecular weight excluding hydrogens is 226 g/mol. The fourth-order valence-electron chi connectivity index (χ4n) is 1.22.